The summed E-state index contributed by atoms with van der Waals surface area (Å²) in [6, 6.07) is 11.4. The zero-order valence-corrected chi connectivity index (χ0v) is 18.8. The molecule has 0 N–H and O–H groups in total. The van der Waals surface area contributed by atoms with E-state index in [0.29, 0.717) is 0 Å². The van der Waals surface area contributed by atoms with E-state index < -0.39 is 8.07 Å². The minimum atomic E-state index is -1.56. The van der Waals surface area contributed by atoms with Gasteiger partial charge in [-0.25, -0.2) is 0 Å². The van der Waals surface area contributed by atoms with Crippen molar-refractivity contribution in [1.29, 1.82) is 0 Å². The molecule has 142 valence electrons. The number of furan rings is 1. The maximum atomic E-state index is 6.64. The van der Waals surface area contributed by atoms with Crippen LogP contribution in [-0.4, -0.2) is 13.1 Å². The second-order valence-corrected chi connectivity index (χ2v) is 14.9. The molecule has 0 amide bonds. The minimum absolute atomic E-state index is 0.145. The average molecular weight is 386 g/mol. The standard InChI is InChI=1S/C25H27NOSi/c1-14-12-18-22(26-13-14)16-9-8-15(2)23-20(16)21-17(25(18,3)4)10-11-19(24(21)27-23)28(5,6)7/h8-13H,1-7H3. The van der Waals surface area contributed by atoms with Gasteiger partial charge in [0.25, 0.3) is 0 Å². The molecule has 4 aromatic rings. The van der Waals surface area contributed by atoms with Gasteiger partial charge < -0.3 is 4.42 Å². The van der Waals surface area contributed by atoms with Crippen molar-refractivity contribution in [1.82, 2.24) is 4.98 Å². The van der Waals surface area contributed by atoms with Gasteiger partial charge in [-0.2, -0.15) is 0 Å². The molecule has 2 aromatic heterocycles. The molecule has 2 heterocycles. The molecule has 0 radical (unpaired) electrons. The third kappa shape index (κ3) is 2.17. The van der Waals surface area contributed by atoms with E-state index in [9.17, 15) is 0 Å². The molecule has 0 atom stereocenters. The molecule has 0 spiro atoms. The predicted molar refractivity (Wildman–Crippen MR) is 122 cm³/mol. The largest absolute Gasteiger partial charge is 0.456 e. The maximum Gasteiger partial charge on any atom is 0.139 e. The zero-order chi connectivity index (χ0) is 20.0. The summed E-state index contributed by atoms with van der Waals surface area (Å²) in [5.74, 6) is 0. The van der Waals surface area contributed by atoms with E-state index in [4.69, 9.17) is 9.40 Å². The van der Waals surface area contributed by atoms with Gasteiger partial charge in [0.2, 0.25) is 0 Å². The second-order valence-electron chi connectivity index (χ2n) is 9.88. The summed E-state index contributed by atoms with van der Waals surface area (Å²) in [6.07, 6.45) is 1.99. The Kier molecular flexibility index (Phi) is 3.38. The van der Waals surface area contributed by atoms with Crippen LogP contribution in [0.15, 0.2) is 40.9 Å². The first-order valence-electron chi connectivity index (χ1n) is 10.1. The van der Waals surface area contributed by atoms with Crippen molar-refractivity contribution in [2.45, 2.75) is 52.8 Å². The van der Waals surface area contributed by atoms with Crippen LogP contribution in [0.1, 0.15) is 36.1 Å². The zero-order valence-electron chi connectivity index (χ0n) is 17.8. The number of pyridine rings is 1. The first-order valence-corrected chi connectivity index (χ1v) is 13.6. The average Bonchev–Trinajstić information content (AvgIpc) is 2.98. The van der Waals surface area contributed by atoms with Crippen LogP contribution in [0.2, 0.25) is 19.6 Å². The molecule has 5 rings (SSSR count). The van der Waals surface area contributed by atoms with E-state index in [2.05, 4.69) is 77.7 Å². The molecular weight excluding hydrogens is 358 g/mol. The molecule has 0 saturated carbocycles. The smallest absolute Gasteiger partial charge is 0.139 e. The summed E-state index contributed by atoms with van der Waals surface area (Å²) >= 11 is 0. The lowest BCUT2D eigenvalue weighted by molar-refractivity contribution is 0.641. The highest BCUT2D eigenvalue weighted by Gasteiger charge is 2.36. The van der Waals surface area contributed by atoms with Crippen LogP contribution in [-0.2, 0) is 5.41 Å². The Morgan fingerprint density at radius 1 is 0.893 bits per heavy atom. The van der Waals surface area contributed by atoms with Gasteiger partial charge in [-0.1, -0.05) is 63.8 Å². The SMILES string of the molecule is Cc1cnc2c(c1)C(C)(C)c1ccc([Si](C)(C)C)c3oc4c(C)ccc-2c4c13. The fraction of sp³-hybridized carbons (Fsp3) is 0.320. The van der Waals surface area contributed by atoms with Crippen LogP contribution in [0.25, 0.3) is 33.2 Å². The van der Waals surface area contributed by atoms with E-state index in [1.807, 2.05) is 6.20 Å². The summed E-state index contributed by atoms with van der Waals surface area (Å²) in [5.41, 5.74) is 9.31. The molecule has 2 aromatic carbocycles. The monoisotopic (exact) mass is 385 g/mol. The molecule has 1 aliphatic rings. The summed E-state index contributed by atoms with van der Waals surface area (Å²) in [7, 11) is -1.56. The molecule has 0 fully saturated rings. The van der Waals surface area contributed by atoms with Crippen molar-refractivity contribution in [3.63, 3.8) is 0 Å². The van der Waals surface area contributed by atoms with Gasteiger partial charge in [0.05, 0.1) is 13.8 Å². The Morgan fingerprint density at radius 3 is 2.36 bits per heavy atom. The molecule has 0 unspecified atom stereocenters. The van der Waals surface area contributed by atoms with E-state index in [0.717, 1.165) is 16.9 Å². The summed E-state index contributed by atoms with van der Waals surface area (Å²) < 4.78 is 6.64. The summed E-state index contributed by atoms with van der Waals surface area (Å²) in [6.45, 7) is 16.1. The van der Waals surface area contributed by atoms with Crippen LogP contribution in [0, 0.1) is 13.8 Å². The highest BCUT2D eigenvalue weighted by atomic mass is 28.3. The number of rotatable bonds is 1. The van der Waals surface area contributed by atoms with Crippen molar-refractivity contribution in [3.05, 3.63) is 58.8 Å². The Balaban J connectivity index is 2.10. The Labute approximate surface area is 167 Å². The Morgan fingerprint density at radius 2 is 1.64 bits per heavy atom. The lowest BCUT2D eigenvalue weighted by atomic mass is 9.76. The third-order valence-corrected chi connectivity index (χ3v) is 8.41. The third-order valence-electron chi connectivity index (χ3n) is 6.40. The quantitative estimate of drug-likeness (QED) is 0.352. The van der Waals surface area contributed by atoms with E-state index in [-0.39, 0.29) is 5.41 Å². The summed E-state index contributed by atoms with van der Waals surface area (Å²) in [4.78, 5) is 4.92. The lowest BCUT2D eigenvalue weighted by Crippen LogP contribution is -2.38. The Bertz CT molecular complexity index is 1290. The Hall–Kier alpha value is -2.39. The first kappa shape index (κ1) is 17.7. The fourth-order valence-corrected chi connectivity index (χ4v) is 6.26. The number of fused-ring (bicyclic) bond motifs is 2. The molecule has 2 nitrogen and oxygen atoms in total. The van der Waals surface area contributed by atoms with Gasteiger partial charge in [0, 0.05) is 27.9 Å². The van der Waals surface area contributed by atoms with Crippen molar-refractivity contribution >= 4 is 35.2 Å². The molecule has 0 bridgehead atoms. The van der Waals surface area contributed by atoms with Crippen LogP contribution >= 0.6 is 0 Å². The maximum absolute atomic E-state index is 6.64. The van der Waals surface area contributed by atoms with Gasteiger partial charge in [0.1, 0.15) is 11.2 Å². The van der Waals surface area contributed by atoms with Crippen LogP contribution in [0.3, 0.4) is 0 Å². The van der Waals surface area contributed by atoms with Gasteiger partial charge in [-0.15, -0.1) is 0 Å². The molecule has 3 heteroatoms. The molecule has 1 aliphatic carbocycles. The normalized spacial score (nSPS) is 15.2. The van der Waals surface area contributed by atoms with Crippen molar-refractivity contribution < 1.29 is 4.42 Å². The molecule has 0 aliphatic heterocycles. The predicted octanol–water partition coefficient (Wildman–Crippen LogP) is 6.45. The van der Waals surface area contributed by atoms with Crippen LogP contribution in [0.5, 0.6) is 0 Å². The van der Waals surface area contributed by atoms with Crippen LogP contribution < -0.4 is 5.19 Å². The van der Waals surface area contributed by atoms with Crippen molar-refractivity contribution in [3.8, 4) is 11.3 Å². The number of aryl methyl sites for hydroxylation is 2. The second kappa shape index (κ2) is 5.35. The number of hydrogen-bond acceptors (Lipinski definition) is 2. The van der Waals surface area contributed by atoms with Gasteiger partial charge in [-0.3, -0.25) is 4.98 Å². The van der Waals surface area contributed by atoms with Crippen molar-refractivity contribution in [2.24, 2.45) is 0 Å². The number of hydrogen-bond donors (Lipinski definition) is 0. The highest BCUT2D eigenvalue weighted by Crippen LogP contribution is 2.49. The molecule has 0 saturated heterocycles. The van der Waals surface area contributed by atoms with E-state index in [1.165, 1.54) is 43.8 Å². The van der Waals surface area contributed by atoms with E-state index >= 15 is 0 Å². The lowest BCUT2D eigenvalue weighted by Gasteiger charge is -2.28. The minimum Gasteiger partial charge on any atom is -0.456 e. The topological polar surface area (TPSA) is 26.0 Å². The molecule has 28 heavy (non-hydrogen) atoms. The number of benzene rings is 2. The van der Waals surface area contributed by atoms with Gasteiger partial charge >= 0.3 is 0 Å². The van der Waals surface area contributed by atoms with Gasteiger partial charge in [-0.05, 0) is 41.3 Å². The summed E-state index contributed by atoms with van der Waals surface area (Å²) in [5, 5.41) is 3.95. The fourth-order valence-electron chi connectivity index (χ4n) is 4.82. The van der Waals surface area contributed by atoms with Crippen LogP contribution in [0.4, 0.5) is 0 Å². The first-order chi connectivity index (χ1) is 13.1. The highest BCUT2D eigenvalue weighted by molar-refractivity contribution is 6.90. The number of nitrogens with zero attached hydrogens (tertiary/aromatic N) is 1. The van der Waals surface area contributed by atoms with Crippen molar-refractivity contribution in [2.75, 3.05) is 0 Å². The van der Waals surface area contributed by atoms with Gasteiger partial charge in [0.15, 0.2) is 0 Å². The number of aromatic nitrogens is 1. The van der Waals surface area contributed by atoms with E-state index in [1.54, 1.807) is 0 Å². The molecular formula is C25H27NOSi.